The molecule has 0 aliphatic carbocycles. The summed E-state index contributed by atoms with van der Waals surface area (Å²) in [6, 6.07) is 13.5. The van der Waals surface area contributed by atoms with Crippen LogP contribution in [-0.2, 0) is 30.0 Å². The molecule has 192 valence electrons. The van der Waals surface area contributed by atoms with E-state index in [4.69, 9.17) is 18.6 Å². The first-order valence-electron chi connectivity index (χ1n) is 12.9. The topological polar surface area (TPSA) is 54.0 Å². The molecule has 0 N–H and O–H groups in total. The van der Waals surface area contributed by atoms with Crippen LogP contribution in [0.4, 0.5) is 0 Å². The normalized spacial score (nSPS) is 25.4. The fourth-order valence-electron chi connectivity index (χ4n) is 5.01. The number of hydrogen-bond acceptors (Lipinski definition) is 5. The van der Waals surface area contributed by atoms with Gasteiger partial charge in [-0.05, 0) is 62.9 Å². The summed E-state index contributed by atoms with van der Waals surface area (Å²) in [5, 5.41) is 0. The molecule has 0 spiro atoms. The lowest BCUT2D eigenvalue weighted by atomic mass is 9.81. The van der Waals surface area contributed by atoms with E-state index in [1.165, 1.54) is 5.56 Å². The Morgan fingerprint density at radius 2 is 1.85 bits per heavy atom. The minimum atomic E-state index is -1.83. The van der Waals surface area contributed by atoms with Crippen molar-refractivity contribution in [1.82, 2.24) is 0 Å². The van der Waals surface area contributed by atoms with E-state index in [0.29, 0.717) is 19.6 Å². The van der Waals surface area contributed by atoms with E-state index < -0.39 is 13.9 Å². The van der Waals surface area contributed by atoms with Crippen LogP contribution in [0, 0.1) is 0 Å². The molecule has 1 aliphatic rings. The first kappa shape index (κ1) is 28.9. The van der Waals surface area contributed by atoms with E-state index in [0.717, 1.165) is 43.7 Å². The van der Waals surface area contributed by atoms with Gasteiger partial charge in [-0.3, -0.25) is 4.79 Å². The zero-order valence-corrected chi connectivity index (χ0v) is 23.2. The van der Waals surface area contributed by atoms with Gasteiger partial charge in [-0.1, -0.05) is 57.2 Å². The van der Waals surface area contributed by atoms with E-state index in [2.05, 4.69) is 46.8 Å². The summed E-state index contributed by atoms with van der Waals surface area (Å²) < 4.78 is 25.8. The highest BCUT2D eigenvalue weighted by Crippen LogP contribution is 2.42. The Kier molecular flexibility index (Phi) is 11.6. The molecule has 6 heteroatoms. The zero-order chi connectivity index (χ0) is 25.1. The average molecular weight is 491 g/mol. The molecule has 0 unspecified atom stereocenters. The van der Waals surface area contributed by atoms with Crippen LogP contribution < -0.4 is 0 Å². The summed E-state index contributed by atoms with van der Waals surface area (Å²) >= 11 is 0. The minimum absolute atomic E-state index is 0.0647. The molecular formula is C28H46O5Si. The fourth-order valence-corrected chi connectivity index (χ4v) is 8.17. The Bertz CT molecular complexity index is 742. The average Bonchev–Trinajstić information content (AvgIpc) is 2.87. The van der Waals surface area contributed by atoms with Gasteiger partial charge in [-0.15, -0.1) is 0 Å². The second-order valence-electron chi connectivity index (χ2n) is 9.92. The molecule has 1 aliphatic heterocycles. The maximum absolute atomic E-state index is 10.9. The van der Waals surface area contributed by atoms with Crippen LogP contribution >= 0.6 is 0 Å². The summed E-state index contributed by atoms with van der Waals surface area (Å²) in [5.41, 5.74) is 0.344. The summed E-state index contributed by atoms with van der Waals surface area (Å²) in [6.45, 7) is 12.3. The molecule has 0 radical (unpaired) electrons. The molecule has 0 saturated carbocycles. The van der Waals surface area contributed by atoms with Crippen molar-refractivity contribution in [2.24, 2.45) is 0 Å². The lowest BCUT2D eigenvalue weighted by Crippen LogP contribution is -2.59. The van der Waals surface area contributed by atoms with Crippen LogP contribution in [0.25, 0.3) is 0 Å². The molecular weight excluding hydrogens is 444 g/mol. The van der Waals surface area contributed by atoms with E-state index in [1.54, 1.807) is 13.2 Å². The van der Waals surface area contributed by atoms with Crippen molar-refractivity contribution in [2.45, 2.75) is 108 Å². The molecule has 1 aromatic rings. The van der Waals surface area contributed by atoms with Gasteiger partial charge in [-0.25, -0.2) is 0 Å². The largest absolute Gasteiger partial charge is 0.409 e. The third-order valence-corrected chi connectivity index (χ3v) is 12.6. The number of carbonyl (C=O) groups excluding carboxylic acids is 1. The van der Waals surface area contributed by atoms with Crippen molar-refractivity contribution in [1.29, 1.82) is 0 Å². The van der Waals surface area contributed by atoms with Crippen LogP contribution in [0.5, 0.6) is 0 Å². The first-order valence-corrected chi connectivity index (χ1v) is 15.5. The van der Waals surface area contributed by atoms with Gasteiger partial charge in [0.1, 0.15) is 6.29 Å². The van der Waals surface area contributed by atoms with E-state index >= 15 is 0 Å². The van der Waals surface area contributed by atoms with Gasteiger partial charge in [0.15, 0.2) is 8.32 Å². The molecule has 4 atom stereocenters. The molecule has 1 saturated heterocycles. The highest BCUT2D eigenvalue weighted by atomic mass is 28.4. The summed E-state index contributed by atoms with van der Waals surface area (Å²) in [7, 11) is -0.0665. The predicted octanol–water partition coefficient (Wildman–Crippen LogP) is 6.47. The molecule has 1 fully saturated rings. The number of hydrogen-bond donors (Lipinski definition) is 0. The van der Waals surface area contributed by atoms with Crippen molar-refractivity contribution < 1.29 is 23.4 Å². The predicted molar refractivity (Wildman–Crippen MR) is 141 cm³/mol. The Labute approximate surface area is 208 Å². The molecule has 0 aromatic heterocycles. The van der Waals surface area contributed by atoms with Gasteiger partial charge < -0.3 is 18.6 Å². The second-order valence-corrected chi connectivity index (χ2v) is 14.6. The fraction of sp³-hybridized carbons (Fsp3) is 0.679. The number of benzene rings is 1. The van der Waals surface area contributed by atoms with Crippen molar-refractivity contribution >= 4 is 14.6 Å². The Morgan fingerprint density at radius 3 is 2.44 bits per heavy atom. The number of carbonyl (C=O) groups is 1. The van der Waals surface area contributed by atoms with Crippen LogP contribution in [-0.4, -0.2) is 51.7 Å². The van der Waals surface area contributed by atoms with Crippen molar-refractivity contribution in [3.63, 3.8) is 0 Å². The lowest BCUT2D eigenvalue weighted by molar-refractivity contribution is -0.218. The molecule has 0 amide bonds. The van der Waals surface area contributed by atoms with Crippen LogP contribution in [0.3, 0.4) is 0 Å². The van der Waals surface area contributed by atoms with Crippen LogP contribution in [0.2, 0.25) is 18.1 Å². The number of rotatable bonds is 15. The number of methoxy groups -OCH3 is 1. The van der Waals surface area contributed by atoms with Crippen LogP contribution in [0.15, 0.2) is 42.5 Å². The Morgan fingerprint density at radius 1 is 1.18 bits per heavy atom. The highest BCUT2D eigenvalue weighted by molar-refractivity contribution is 6.73. The number of allylic oxidation sites excluding steroid dienone is 1. The van der Waals surface area contributed by atoms with Crippen molar-refractivity contribution in [3.8, 4) is 0 Å². The van der Waals surface area contributed by atoms with Crippen LogP contribution in [0.1, 0.15) is 65.9 Å². The monoisotopic (exact) mass is 490 g/mol. The third-order valence-electron chi connectivity index (χ3n) is 7.86. The molecule has 5 nitrogen and oxygen atoms in total. The SMILES string of the molecule is CC[Si](CC)(CC)O[C@]1(C)CC[C@H]([C@](C)(CCOCc2ccccc2)OC)O[C@@H]1C/C=C/C=O. The molecule has 0 bridgehead atoms. The molecule has 1 heterocycles. The summed E-state index contributed by atoms with van der Waals surface area (Å²) in [6.07, 6.45) is 7.27. The first-order chi connectivity index (χ1) is 16.3. The van der Waals surface area contributed by atoms with E-state index in [9.17, 15) is 4.79 Å². The quantitative estimate of drug-likeness (QED) is 0.122. The van der Waals surface area contributed by atoms with E-state index in [1.807, 2.05) is 24.3 Å². The second kappa shape index (κ2) is 13.7. The zero-order valence-electron chi connectivity index (χ0n) is 22.2. The smallest absolute Gasteiger partial charge is 0.192 e. The summed E-state index contributed by atoms with van der Waals surface area (Å²) in [4.78, 5) is 10.9. The van der Waals surface area contributed by atoms with Crippen molar-refractivity contribution in [3.05, 3.63) is 48.0 Å². The standard InChI is InChI=1S/C28H46O5Si/c1-7-34(8-2,9-3)33-28(5)19-18-26(32-25(28)17-13-14-21-29)27(4,30-6)20-22-31-23-24-15-11-10-12-16-24/h10-16,21,25-26H,7-9,17-20,22-23H2,1-6H3/b14-13+/t25-,26-,27+,28-/m1/s1. The highest BCUT2D eigenvalue weighted by Gasteiger charge is 2.50. The van der Waals surface area contributed by atoms with Gasteiger partial charge in [0, 0.05) is 20.1 Å². The maximum atomic E-state index is 10.9. The molecule has 34 heavy (non-hydrogen) atoms. The van der Waals surface area contributed by atoms with Gasteiger partial charge in [0.25, 0.3) is 0 Å². The lowest BCUT2D eigenvalue weighted by Gasteiger charge is -2.51. The summed E-state index contributed by atoms with van der Waals surface area (Å²) in [5.74, 6) is 0. The van der Waals surface area contributed by atoms with Gasteiger partial charge >= 0.3 is 0 Å². The van der Waals surface area contributed by atoms with Gasteiger partial charge in [0.05, 0.1) is 30.0 Å². The minimum Gasteiger partial charge on any atom is -0.409 e. The van der Waals surface area contributed by atoms with E-state index in [-0.39, 0.29) is 17.8 Å². The van der Waals surface area contributed by atoms with Crippen molar-refractivity contribution in [2.75, 3.05) is 13.7 Å². The third kappa shape index (κ3) is 7.59. The Balaban J connectivity index is 2.10. The molecule has 2 rings (SSSR count). The number of ether oxygens (including phenoxy) is 3. The van der Waals surface area contributed by atoms with Gasteiger partial charge in [-0.2, -0.15) is 0 Å². The number of aldehydes is 1. The van der Waals surface area contributed by atoms with Gasteiger partial charge in [0.2, 0.25) is 0 Å². The molecule has 1 aromatic carbocycles. The Hall–Kier alpha value is -1.31. The maximum Gasteiger partial charge on any atom is 0.192 e.